The van der Waals surface area contributed by atoms with E-state index >= 15 is 0 Å². The fourth-order valence-corrected chi connectivity index (χ4v) is 10.5. The molecule has 1 amide bonds. The molecule has 3 N–H and O–H groups in total. The van der Waals surface area contributed by atoms with E-state index in [-0.39, 0.29) is 19.1 Å². The first-order chi connectivity index (χ1) is 41.5. The number of carbonyl (C=O) groups is 1. The molecule has 0 aromatic rings. The summed E-state index contributed by atoms with van der Waals surface area (Å²) >= 11 is 0. The topological polar surface area (TPSA) is 105 Å². The van der Waals surface area contributed by atoms with Crippen LogP contribution in [0.4, 0.5) is 0 Å². The van der Waals surface area contributed by atoms with E-state index in [1.54, 1.807) is 0 Å². The third-order valence-electron chi connectivity index (χ3n) is 15.2. The summed E-state index contributed by atoms with van der Waals surface area (Å²) < 4.78 is 23.9. The Labute approximate surface area is 526 Å². The first kappa shape index (κ1) is 81.6. The maximum atomic E-state index is 13.1. The van der Waals surface area contributed by atoms with E-state index < -0.39 is 20.0 Å². The van der Waals surface area contributed by atoms with Crippen molar-refractivity contribution in [3.8, 4) is 0 Å². The van der Waals surface area contributed by atoms with Crippen LogP contribution in [0.25, 0.3) is 0 Å². The molecule has 85 heavy (non-hydrogen) atoms. The fraction of sp³-hybridized carbons (Fsp3) is 0.697. The van der Waals surface area contributed by atoms with Gasteiger partial charge in [0.05, 0.1) is 39.9 Å². The number of allylic oxidation sites excluding steroid dienone is 22. The summed E-state index contributed by atoms with van der Waals surface area (Å²) in [5, 5.41) is 14.1. The van der Waals surface area contributed by atoms with E-state index in [4.69, 9.17) is 9.05 Å². The molecule has 3 atom stereocenters. The van der Waals surface area contributed by atoms with E-state index in [0.717, 1.165) is 116 Å². The summed E-state index contributed by atoms with van der Waals surface area (Å²) in [5.41, 5.74) is 0. The molecule has 8 nitrogen and oxygen atoms in total. The van der Waals surface area contributed by atoms with Gasteiger partial charge in [-0.05, 0) is 96.3 Å². The Balaban J connectivity index is 4.19. The van der Waals surface area contributed by atoms with Gasteiger partial charge in [0.1, 0.15) is 13.2 Å². The fourth-order valence-electron chi connectivity index (χ4n) is 9.76. The smallest absolute Gasteiger partial charge is 0.391 e. The number of hydrogen-bond acceptors (Lipinski definition) is 5. The van der Waals surface area contributed by atoms with Crippen LogP contribution >= 0.6 is 7.82 Å². The van der Waals surface area contributed by atoms with E-state index in [2.05, 4.69) is 153 Å². The van der Waals surface area contributed by atoms with Crippen molar-refractivity contribution in [2.45, 2.75) is 302 Å². The van der Waals surface area contributed by atoms with Crippen LogP contribution < -0.4 is 5.32 Å². The van der Waals surface area contributed by atoms with Gasteiger partial charge in [0.15, 0.2) is 0 Å². The summed E-state index contributed by atoms with van der Waals surface area (Å²) in [4.78, 5) is 23.4. The lowest BCUT2D eigenvalue weighted by Gasteiger charge is -2.26. The van der Waals surface area contributed by atoms with Crippen LogP contribution in [0.5, 0.6) is 0 Å². The molecule has 3 unspecified atom stereocenters. The lowest BCUT2D eigenvalue weighted by molar-refractivity contribution is -0.870. The third-order valence-corrected chi connectivity index (χ3v) is 16.1. The van der Waals surface area contributed by atoms with Crippen molar-refractivity contribution in [2.24, 2.45) is 0 Å². The van der Waals surface area contributed by atoms with Gasteiger partial charge in [-0.15, -0.1) is 0 Å². The summed E-state index contributed by atoms with van der Waals surface area (Å²) in [6.07, 6.45) is 98.3. The highest BCUT2D eigenvalue weighted by Gasteiger charge is 2.28. The maximum absolute atomic E-state index is 13.1. The second-order valence-corrected chi connectivity index (χ2v) is 26.0. The van der Waals surface area contributed by atoms with Crippen LogP contribution in [0.3, 0.4) is 0 Å². The van der Waals surface area contributed by atoms with Crippen LogP contribution in [-0.4, -0.2) is 73.4 Å². The molecular weight excluding hydrogens is 1070 g/mol. The molecule has 0 heterocycles. The largest absolute Gasteiger partial charge is 0.472 e. The van der Waals surface area contributed by atoms with Crippen molar-refractivity contribution >= 4 is 13.7 Å². The predicted molar refractivity (Wildman–Crippen MR) is 373 cm³/mol. The highest BCUT2D eigenvalue weighted by atomic mass is 31.2. The monoisotopic (exact) mass is 1200 g/mol. The summed E-state index contributed by atoms with van der Waals surface area (Å²) in [5.74, 6) is -0.178. The van der Waals surface area contributed by atoms with E-state index in [1.807, 2.05) is 21.1 Å². The van der Waals surface area contributed by atoms with Crippen molar-refractivity contribution in [1.82, 2.24) is 5.32 Å². The van der Waals surface area contributed by atoms with Crippen LogP contribution in [-0.2, 0) is 18.4 Å². The van der Waals surface area contributed by atoms with Crippen LogP contribution in [0.1, 0.15) is 290 Å². The minimum atomic E-state index is -4.35. The highest BCUT2D eigenvalue weighted by molar-refractivity contribution is 7.47. The minimum Gasteiger partial charge on any atom is -0.391 e. The highest BCUT2D eigenvalue weighted by Crippen LogP contribution is 2.43. The van der Waals surface area contributed by atoms with Crippen molar-refractivity contribution in [2.75, 3.05) is 40.9 Å². The van der Waals surface area contributed by atoms with Gasteiger partial charge in [0, 0.05) is 6.42 Å². The van der Waals surface area contributed by atoms with E-state index in [1.165, 1.54) is 148 Å². The van der Waals surface area contributed by atoms with Crippen LogP contribution in [0.15, 0.2) is 134 Å². The standard InChI is InChI=1S/C76H133N2O6P/c1-6-8-10-12-14-16-18-20-22-24-26-28-30-32-34-35-36-37-38-39-40-41-42-43-44-46-48-50-52-54-56-58-60-62-64-66-68-70-76(80)77-74(73-84-85(81,82)83-72-71-78(3,4)5)75(79)69-67-65-63-61-59-57-55-53-51-49-47-45-33-31-29-27-25-23-21-19-17-15-13-11-9-7-2/h8,10,14,16,20,22,26,28,32,34,36-37,39-40,42-43,46,48,52,54,58,60,74-75,79H,6-7,9,11-13,15,17-19,21,23-25,27,29-31,33,35,38,41,44-45,47,49-51,53,55-57,59,61-73H2,1-5H3,(H-,77,80,81,82)/p+1/b10-8-,16-14-,22-20-,28-26-,34-32-,37-36-,40-39-,43-42-,48-46-,54-52-,60-58-. The molecule has 0 radical (unpaired) electrons. The quantitative estimate of drug-likeness (QED) is 0.0243. The molecule has 0 aliphatic heterocycles. The molecule has 0 aliphatic rings. The first-order valence-corrected chi connectivity index (χ1v) is 36.5. The number of unbranched alkanes of at least 4 members (excludes halogenated alkanes) is 28. The Bertz CT molecular complexity index is 1850. The number of phosphoric acid groups is 1. The Hall–Kier alpha value is -3.36. The van der Waals surface area contributed by atoms with E-state index in [9.17, 15) is 19.4 Å². The van der Waals surface area contributed by atoms with Gasteiger partial charge in [0.25, 0.3) is 0 Å². The van der Waals surface area contributed by atoms with Gasteiger partial charge >= 0.3 is 7.82 Å². The number of aliphatic hydroxyl groups is 1. The summed E-state index contributed by atoms with van der Waals surface area (Å²) in [7, 11) is 1.58. The van der Waals surface area contributed by atoms with Crippen molar-refractivity contribution in [3.63, 3.8) is 0 Å². The van der Waals surface area contributed by atoms with Gasteiger partial charge in [-0.2, -0.15) is 0 Å². The number of nitrogens with zero attached hydrogens (tertiary/aromatic N) is 1. The predicted octanol–water partition coefficient (Wildman–Crippen LogP) is 22.6. The number of rotatable bonds is 63. The zero-order valence-corrected chi connectivity index (χ0v) is 56.7. The third kappa shape index (κ3) is 68.0. The van der Waals surface area contributed by atoms with Gasteiger partial charge in [-0.3, -0.25) is 13.8 Å². The van der Waals surface area contributed by atoms with Crippen LogP contribution in [0, 0.1) is 0 Å². The molecule has 0 aromatic carbocycles. The molecule has 0 fully saturated rings. The molecule has 9 heteroatoms. The van der Waals surface area contributed by atoms with Crippen molar-refractivity contribution in [3.05, 3.63) is 134 Å². The summed E-state index contributed by atoms with van der Waals surface area (Å²) in [6.45, 7) is 4.76. The molecule has 0 aliphatic carbocycles. The average molecular weight is 1200 g/mol. The zero-order chi connectivity index (χ0) is 61.9. The maximum Gasteiger partial charge on any atom is 0.472 e. The van der Waals surface area contributed by atoms with Gasteiger partial charge in [-0.25, -0.2) is 4.57 Å². The number of nitrogens with one attached hydrogen (secondary N) is 1. The lowest BCUT2D eigenvalue weighted by atomic mass is 10.0. The van der Waals surface area contributed by atoms with Crippen molar-refractivity contribution in [1.29, 1.82) is 0 Å². The SMILES string of the molecule is CC/C=C\C/C=C\C/C=C\C/C=C\C/C=C\C/C=C\C/C=C\C/C=C\C/C=C\C/C=C\C/C=C\CCCCCC(=O)NC(COP(=O)(O)OCC[N+](C)(C)C)C(O)CCCCCCCCCCCCCCCCCCCCCCCCCCCC. The average Bonchev–Trinajstić information content (AvgIpc) is 3.49. The van der Waals surface area contributed by atoms with Gasteiger partial charge in [0.2, 0.25) is 5.91 Å². The second kappa shape index (κ2) is 65.1. The first-order valence-electron chi connectivity index (χ1n) is 35.0. The Morgan fingerprint density at radius 1 is 0.412 bits per heavy atom. The number of amides is 1. The number of quaternary nitrogens is 1. The number of aliphatic hydroxyl groups excluding tert-OH is 1. The Morgan fingerprint density at radius 2 is 0.706 bits per heavy atom. The molecule has 0 saturated heterocycles. The molecule has 0 saturated carbocycles. The van der Waals surface area contributed by atoms with Gasteiger partial charge < -0.3 is 19.8 Å². The summed E-state index contributed by atoms with van der Waals surface area (Å²) in [6, 6.07) is -0.791. The molecular formula is C76H134N2O6P+. The number of phosphoric ester groups is 1. The number of hydrogen-bond donors (Lipinski definition) is 3. The molecule has 0 bridgehead atoms. The Morgan fingerprint density at radius 3 is 1.02 bits per heavy atom. The minimum absolute atomic E-state index is 0.0613. The van der Waals surface area contributed by atoms with Crippen molar-refractivity contribution < 1.29 is 32.9 Å². The molecule has 488 valence electrons. The lowest BCUT2D eigenvalue weighted by Crippen LogP contribution is -2.46. The van der Waals surface area contributed by atoms with Crippen LogP contribution in [0.2, 0.25) is 0 Å². The Kier molecular flexibility index (Phi) is 62.5. The van der Waals surface area contributed by atoms with E-state index in [0.29, 0.717) is 23.9 Å². The second-order valence-electron chi connectivity index (χ2n) is 24.5. The number of carbonyl (C=O) groups excluding carboxylic acids is 1. The molecule has 0 aromatic heterocycles. The molecule has 0 rings (SSSR count). The normalized spacial score (nSPS) is 14.5. The molecule has 0 spiro atoms. The number of likely N-dealkylation sites (N-methyl/N-ethyl adjacent to an activating group) is 1. The van der Waals surface area contributed by atoms with Gasteiger partial charge in [-0.1, -0.05) is 321 Å². The zero-order valence-electron chi connectivity index (χ0n) is 55.8.